The number of nitrogens with zero attached hydrogens (tertiary/aromatic N) is 4. The monoisotopic (exact) mass is 417 g/mol. The van der Waals surface area contributed by atoms with E-state index in [-0.39, 0.29) is 24.8 Å². The number of benzene rings is 2. The van der Waals surface area contributed by atoms with Crippen LogP contribution in [0.25, 0.3) is 5.69 Å². The van der Waals surface area contributed by atoms with Gasteiger partial charge in [0.2, 0.25) is 5.95 Å². The van der Waals surface area contributed by atoms with Crippen LogP contribution in [0.1, 0.15) is 19.3 Å². The largest absolute Gasteiger partial charge is 0.378 e. The predicted molar refractivity (Wildman–Crippen MR) is 107 cm³/mol. The van der Waals surface area contributed by atoms with Crippen LogP contribution < -0.4 is 5.32 Å². The quantitative estimate of drug-likeness (QED) is 0.683. The van der Waals surface area contributed by atoms with Crippen molar-refractivity contribution in [1.29, 1.82) is 0 Å². The molecule has 1 aromatic heterocycles. The Hall–Kier alpha value is -2.91. The van der Waals surface area contributed by atoms with Crippen LogP contribution in [0.3, 0.4) is 0 Å². The van der Waals surface area contributed by atoms with E-state index in [0.29, 0.717) is 11.7 Å². The first-order valence-corrected chi connectivity index (χ1v) is 9.81. The molecule has 0 radical (unpaired) electrons. The number of likely N-dealkylation sites (tertiary alicyclic amines) is 1. The highest BCUT2D eigenvalue weighted by Crippen LogP contribution is 2.32. The van der Waals surface area contributed by atoms with Gasteiger partial charge in [-0.25, -0.2) is 17.9 Å². The molecule has 0 spiro atoms. The lowest BCUT2D eigenvalue weighted by molar-refractivity contribution is -0.0573. The van der Waals surface area contributed by atoms with Crippen molar-refractivity contribution in [2.24, 2.45) is 0 Å². The van der Waals surface area contributed by atoms with E-state index in [1.807, 2.05) is 6.07 Å². The fraction of sp³-hybridized carbons (Fsp3) is 0.333. The Balaban J connectivity index is 0.00000231. The van der Waals surface area contributed by atoms with Gasteiger partial charge in [-0.1, -0.05) is 0 Å². The minimum Gasteiger partial charge on any atom is -0.378 e. The molecule has 0 amide bonds. The minimum atomic E-state index is -0.705. The summed E-state index contributed by atoms with van der Waals surface area (Å²) in [6, 6.07) is 8.41. The fourth-order valence-electron chi connectivity index (χ4n) is 3.99. The first-order valence-electron chi connectivity index (χ1n) is 9.81. The molecule has 2 aliphatic heterocycles. The summed E-state index contributed by atoms with van der Waals surface area (Å²) in [5.74, 6) is -1.29. The highest BCUT2D eigenvalue weighted by Gasteiger charge is 2.33. The number of nitrogens with one attached hydrogen (secondary N) is 1. The molecule has 1 N–H and O–H groups in total. The average molecular weight is 417 g/mol. The molecule has 3 heterocycles. The fourth-order valence-corrected chi connectivity index (χ4v) is 3.99. The van der Waals surface area contributed by atoms with Crippen molar-refractivity contribution in [2.45, 2.75) is 18.4 Å². The summed E-state index contributed by atoms with van der Waals surface area (Å²) in [4.78, 5) is 6.51. The van der Waals surface area contributed by atoms with Crippen LogP contribution in [-0.2, 0) is 4.74 Å². The van der Waals surface area contributed by atoms with Crippen LogP contribution in [0.15, 0.2) is 42.7 Å². The van der Waals surface area contributed by atoms with Gasteiger partial charge in [-0.3, -0.25) is 4.90 Å². The highest BCUT2D eigenvalue weighted by atomic mass is 19.1. The maximum absolute atomic E-state index is 14.3. The van der Waals surface area contributed by atoms with Crippen molar-refractivity contribution < 1.29 is 19.3 Å². The molecule has 30 heavy (non-hydrogen) atoms. The van der Waals surface area contributed by atoms with Gasteiger partial charge in [-0.15, -0.1) is 5.10 Å². The van der Waals surface area contributed by atoms with Gasteiger partial charge < -0.3 is 10.1 Å². The molecule has 6 nitrogen and oxygen atoms in total. The topological polar surface area (TPSA) is 55.2 Å². The summed E-state index contributed by atoms with van der Waals surface area (Å²) in [5, 5.41) is 7.17. The van der Waals surface area contributed by atoms with Gasteiger partial charge in [0.05, 0.1) is 24.9 Å². The standard InChI is InChI=1S/C21H20F3N5O.H2/c22-15-3-14(13-1-2-28(9-13)20-10-30-11-20)4-18(6-15)26-21-25-12-29(27-21)19-7-16(23)5-17(24)8-19;/h3-8,12-13,20H,1-2,9-11H2,(H,26,27);1H. The van der Waals surface area contributed by atoms with Gasteiger partial charge in [0.1, 0.15) is 23.8 Å². The molecule has 158 valence electrons. The molecule has 0 saturated carbocycles. The molecule has 1 atom stereocenters. The molecule has 2 saturated heterocycles. The molecule has 3 aromatic rings. The Morgan fingerprint density at radius 1 is 1.00 bits per heavy atom. The van der Waals surface area contributed by atoms with Crippen molar-refractivity contribution in [3.05, 3.63) is 65.7 Å². The lowest BCUT2D eigenvalue weighted by Gasteiger charge is -2.34. The van der Waals surface area contributed by atoms with Crippen LogP contribution in [0, 0.1) is 17.5 Å². The van der Waals surface area contributed by atoms with Crippen molar-refractivity contribution in [3.63, 3.8) is 0 Å². The second-order valence-electron chi connectivity index (χ2n) is 7.71. The number of ether oxygens (including phenoxy) is 1. The summed E-state index contributed by atoms with van der Waals surface area (Å²) in [6.07, 6.45) is 2.31. The molecule has 5 rings (SSSR count). The van der Waals surface area contributed by atoms with Crippen molar-refractivity contribution >= 4 is 11.6 Å². The number of aromatic nitrogens is 3. The molecule has 2 fully saturated rings. The number of hydrogen-bond donors (Lipinski definition) is 1. The van der Waals surface area contributed by atoms with E-state index in [1.54, 1.807) is 6.07 Å². The maximum Gasteiger partial charge on any atom is 0.246 e. The lowest BCUT2D eigenvalue weighted by atomic mass is 9.97. The molecule has 0 bridgehead atoms. The third kappa shape index (κ3) is 3.90. The van der Waals surface area contributed by atoms with Crippen LogP contribution in [-0.4, -0.2) is 52.0 Å². The smallest absolute Gasteiger partial charge is 0.246 e. The Kier molecular flexibility index (Phi) is 4.92. The Morgan fingerprint density at radius 2 is 1.77 bits per heavy atom. The second-order valence-corrected chi connectivity index (χ2v) is 7.71. The lowest BCUT2D eigenvalue weighted by Crippen LogP contribution is -2.47. The van der Waals surface area contributed by atoms with E-state index in [4.69, 9.17) is 4.74 Å². The first-order chi connectivity index (χ1) is 14.5. The van der Waals surface area contributed by atoms with Gasteiger partial charge in [-0.05, 0) is 54.8 Å². The van der Waals surface area contributed by atoms with Gasteiger partial charge >= 0.3 is 0 Å². The van der Waals surface area contributed by atoms with Crippen molar-refractivity contribution in [2.75, 3.05) is 31.6 Å². The van der Waals surface area contributed by atoms with Crippen LogP contribution in [0.4, 0.5) is 24.8 Å². The van der Waals surface area contributed by atoms with Gasteiger partial charge in [0, 0.05) is 19.7 Å². The molecule has 2 aliphatic rings. The van der Waals surface area contributed by atoms with Crippen LogP contribution in [0.2, 0.25) is 0 Å². The molecule has 0 aliphatic carbocycles. The average Bonchev–Trinajstić information content (AvgIpc) is 3.29. The second kappa shape index (κ2) is 7.73. The number of anilines is 2. The molecule has 9 heteroatoms. The van der Waals surface area contributed by atoms with Gasteiger partial charge in [0.15, 0.2) is 0 Å². The number of hydrogen-bond acceptors (Lipinski definition) is 5. The Bertz CT molecular complexity index is 1050. The molecule has 2 aromatic carbocycles. The van der Waals surface area contributed by atoms with Gasteiger partial charge in [-0.2, -0.15) is 4.98 Å². The van der Waals surface area contributed by atoms with E-state index in [0.717, 1.165) is 56.5 Å². The van der Waals surface area contributed by atoms with E-state index < -0.39 is 11.6 Å². The van der Waals surface area contributed by atoms with E-state index in [2.05, 4.69) is 20.3 Å². The zero-order valence-electron chi connectivity index (χ0n) is 16.1. The molecular formula is C21H22F3N5O. The van der Waals surface area contributed by atoms with Crippen LogP contribution in [0.5, 0.6) is 0 Å². The van der Waals surface area contributed by atoms with Crippen molar-refractivity contribution in [3.8, 4) is 5.69 Å². The third-order valence-electron chi connectivity index (χ3n) is 5.61. The molecule has 1 unspecified atom stereocenters. The number of rotatable bonds is 5. The van der Waals surface area contributed by atoms with E-state index in [9.17, 15) is 13.2 Å². The Morgan fingerprint density at radius 3 is 2.50 bits per heavy atom. The highest BCUT2D eigenvalue weighted by molar-refractivity contribution is 5.55. The summed E-state index contributed by atoms with van der Waals surface area (Å²) in [6.45, 7) is 3.40. The SMILES string of the molecule is Fc1cc(Nc2ncn(-c3cc(F)cc(F)c3)n2)cc(C2CCN(C3COC3)C2)c1.[HH]. The molecular weight excluding hydrogens is 395 g/mol. The van der Waals surface area contributed by atoms with Crippen molar-refractivity contribution in [1.82, 2.24) is 19.7 Å². The van der Waals surface area contributed by atoms with E-state index in [1.165, 1.54) is 17.1 Å². The first kappa shape index (κ1) is 19.1. The third-order valence-corrected chi connectivity index (χ3v) is 5.61. The summed E-state index contributed by atoms with van der Waals surface area (Å²) >= 11 is 0. The normalized spacial score (nSPS) is 19.8. The van der Waals surface area contributed by atoms with Crippen LogP contribution >= 0.6 is 0 Å². The van der Waals surface area contributed by atoms with E-state index >= 15 is 0 Å². The summed E-state index contributed by atoms with van der Waals surface area (Å²) < 4.78 is 47.7. The minimum absolute atomic E-state index is 0. The summed E-state index contributed by atoms with van der Waals surface area (Å²) in [5.41, 5.74) is 1.66. The maximum atomic E-state index is 14.3. The zero-order chi connectivity index (χ0) is 20.7. The zero-order valence-corrected chi connectivity index (χ0v) is 16.1. The summed E-state index contributed by atoms with van der Waals surface area (Å²) in [7, 11) is 0. The number of halogens is 3. The predicted octanol–water partition coefficient (Wildman–Crippen LogP) is 3.86. The van der Waals surface area contributed by atoms with Gasteiger partial charge in [0.25, 0.3) is 0 Å². The Labute approximate surface area is 172 Å².